The Labute approximate surface area is 114 Å². The summed E-state index contributed by atoms with van der Waals surface area (Å²) in [5.74, 6) is 0.990. The monoisotopic (exact) mass is 264 g/mol. The first-order valence-electron chi connectivity index (χ1n) is 7.08. The molecular formula is C14H24N4O. The third-order valence-corrected chi connectivity index (χ3v) is 3.87. The molecule has 1 aromatic rings. The summed E-state index contributed by atoms with van der Waals surface area (Å²) in [4.78, 5) is 12.2. The first-order chi connectivity index (χ1) is 8.96. The van der Waals surface area contributed by atoms with Crippen molar-refractivity contribution in [3.63, 3.8) is 0 Å². The van der Waals surface area contributed by atoms with Gasteiger partial charge in [-0.15, -0.1) is 5.10 Å². The van der Waals surface area contributed by atoms with E-state index in [1.807, 2.05) is 0 Å². The zero-order valence-corrected chi connectivity index (χ0v) is 12.1. The molecule has 0 aromatic carbocycles. The van der Waals surface area contributed by atoms with Crippen molar-refractivity contribution in [3.05, 3.63) is 12.4 Å². The van der Waals surface area contributed by atoms with E-state index in [1.165, 1.54) is 6.42 Å². The molecule has 0 radical (unpaired) electrons. The van der Waals surface area contributed by atoms with Crippen molar-refractivity contribution < 1.29 is 4.79 Å². The summed E-state index contributed by atoms with van der Waals surface area (Å²) >= 11 is 0. The second-order valence-corrected chi connectivity index (χ2v) is 6.57. The summed E-state index contributed by atoms with van der Waals surface area (Å²) in [6, 6.07) is 0. The molecule has 0 spiro atoms. The molecule has 1 aliphatic rings. The summed E-state index contributed by atoms with van der Waals surface area (Å²) in [7, 11) is 0. The van der Waals surface area contributed by atoms with Crippen molar-refractivity contribution in [2.45, 2.75) is 46.6 Å². The van der Waals surface area contributed by atoms with Crippen molar-refractivity contribution in [3.8, 4) is 0 Å². The third-order valence-electron chi connectivity index (χ3n) is 3.87. The van der Waals surface area contributed by atoms with Gasteiger partial charge >= 0.3 is 0 Å². The van der Waals surface area contributed by atoms with E-state index in [1.54, 1.807) is 17.1 Å². The van der Waals surface area contributed by atoms with Gasteiger partial charge in [0, 0.05) is 18.7 Å². The number of nitrogens with one attached hydrogen (secondary N) is 1. The smallest absolute Gasteiger partial charge is 0.223 e. The molecule has 0 aliphatic heterocycles. The fourth-order valence-corrected chi connectivity index (χ4v) is 3.34. The zero-order valence-electron chi connectivity index (χ0n) is 12.1. The highest BCUT2D eigenvalue weighted by atomic mass is 16.1. The largest absolute Gasteiger partial charge is 0.354 e. The van der Waals surface area contributed by atoms with Gasteiger partial charge in [-0.05, 0) is 30.6 Å². The second-order valence-electron chi connectivity index (χ2n) is 6.57. The predicted molar refractivity (Wildman–Crippen MR) is 73.3 cm³/mol. The molecule has 1 aromatic heterocycles. The maximum absolute atomic E-state index is 12.2. The lowest BCUT2D eigenvalue weighted by atomic mass is 9.68. The molecule has 1 aliphatic carbocycles. The average Bonchev–Trinajstić information content (AvgIpc) is 2.79. The first-order valence-corrected chi connectivity index (χ1v) is 7.08. The molecule has 0 saturated heterocycles. The molecule has 2 atom stereocenters. The van der Waals surface area contributed by atoms with Crippen molar-refractivity contribution in [2.75, 3.05) is 6.54 Å². The van der Waals surface area contributed by atoms with E-state index < -0.39 is 0 Å². The summed E-state index contributed by atoms with van der Waals surface area (Å²) in [6.45, 7) is 8.07. The van der Waals surface area contributed by atoms with Gasteiger partial charge in [-0.1, -0.05) is 26.0 Å². The standard InChI is InChI=1S/C14H24N4O/c1-11-8-12(10-14(2,3)9-11)13(19)15-4-6-18-7-5-16-17-18/h5,7,11-12H,4,6,8-10H2,1-3H3,(H,15,19). The molecule has 2 unspecified atom stereocenters. The van der Waals surface area contributed by atoms with Crippen LogP contribution in [-0.2, 0) is 11.3 Å². The summed E-state index contributed by atoms with van der Waals surface area (Å²) in [6.07, 6.45) is 6.67. The molecule has 106 valence electrons. The molecule has 1 amide bonds. The lowest BCUT2D eigenvalue weighted by molar-refractivity contribution is -0.128. The highest BCUT2D eigenvalue weighted by Gasteiger charge is 2.35. The van der Waals surface area contributed by atoms with Crippen molar-refractivity contribution in [1.29, 1.82) is 0 Å². The molecule has 1 fully saturated rings. The Morgan fingerprint density at radius 2 is 2.26 bits per heavy atom. The van der Waals surface area contributed by atoms with Gasteiger partial charge in [0.15, 0.2) is 0 Å². The van der Waals surface area contributed by atoms with Gasteiger partial charge in [0.25, 0.3) is 0 Å². The SMILES string of the molecule is CC1CC(C(=O)NCCn2ccnn2)CC(C)(C)C1. The Balaban J connectivity index is 1.79. The highest BCUT2D eigenvalue weighted by Crippen LogP contribution is 2.41. The Morgan fingerprint density at radius 3 is 2.89 bits per heavy atom. The van der Waals surface area contributed by atoms with E-state index >= 15 is 0 Å². The summed E-state index contributed by atoms with van der Waals surface area (Å²) in [5, 5.41) is 10.6. The minimum Gasteiger partial charge on any atom is -0.354 e. The fraction of sp³-hybridized carbons (Fsp3) is 0.786. The minimum atomic E-state index is 0.162. The van der Waals surface area contributed by atoms with Crippen LogP contribution < -0.4 is 5.32 Å². The molecule has 19 heavy (non-hydrogen) atoms. The Hall–Kier alpha value is -1.39. The van der Waals surface area contributed by atoms with E-state index in [4.69, 9.17) is 0 Å². The molecule has 5 nitrogen and oxygen atoms in total. The normalized spacial score (nSPS) is 26.1. The molecular weight excluding hydrogens is 240 g/mol. The fourth-order valence-electron chi connectivity index (χ4n) is 3.34. The number of rotatable bonds is 4. The molecule has 1 heterocycles. The number of nitrogens with zero attached hydrogens (tertiary/aromatic N) is 3. The van der Waals surface area contributed by atoms with Crippen LogP contribution in [0.4, 0.5) is 0 Å². The Bertz CT molecular complexity index is 413. The predicted octanol–water partition coefficient (Wildman–Crippen LogP) is 1.86. The summed E-state index contributed by atoms with van der Waals surface area (Å²) < 4.78 is 1.73. The quantitative estimate of drug-likeness (QED) is 0.903. The van der Waals surface area contributed by atoms with Gasteiger partial charge in [-0.3, -0.25) is 9.48 Å². The van der Waals surface area contributed by atoms with E-state index in [0.29, 0.717) is 19.0 Å². The number of hydrogen-bond acceptors (Lipinski definition) is 3. The van der Waals surface area contributed by atoms with Gasteiger partial charge in [0.2, 0.25) is 5.91 Å². The molecule has 0 bridgehead atoms. The van der Waals surface area contributed by atoms with Crippen molar-refractivity contribution in [2.24, 2.45) is 17.3 Å². The lowest BCUT2D eigenvalue weighted by Gasteiger charge is -2.38. The van der Waals surface area contributed by atoms with Crippen LogP contribution in [0.3, 0.4) is 0 Å². The van der Waals surface area contributed by atoms with Crippen LogP contribution in [0.2, 0.25) is 0 Å². The number of carbonyl (C=O) groups excluding carboxylic acids is 1. The molecule has 1 N–H and O–H groups in total. The van der Waals surface area contributed by atoms with E-state index in [9.17, 15) is 4.79 Å². The number of amides is 1. The van der Waals surface area contributed by atoms with Crippen LogP contribution >= 0.6 is 0 Å². The van der Waals surface area contributed by atoms with Crippen molar-refractivity contribution >= 4 is 5.91 Å². The van der Waals surface area contributed by atoms with Crippen LogP contribution in [0, 0.1) is 17.3 Å². The minimum absolute atomic E-state index is 0.162. The van der Waals surface area contributed by atoms with E-state index in [-0.39, 0.29) is 17.2 Å². The maximum Gasteiger partial charge on any atom is 0.223 e. The van der Waals surface area contributed by atoms with Crippen LogP contribution in [-0.4, -0.2) is 27.4 Å². The Morgan fingerprint density at radius 1 is 1.47 bits per heavy atom. The van der Waals surface area contributed by atoms with Gasteiger partial charge in [0.1, 0.15) is 0 Å². The summed E-state index contributed by atoms with van der Waals surface area (Å²) in [5.41, 5.74) is 0.283. The van der Waals surface area contributed by atoms with Gasteiger partial charge in [-0.25, -0.2) is 0 Å². The zero-order chi connectivity index (χ0) is 13.9. The van der Waals surface area contributed by atoms with E-state index in [2.05, 4.69) is 36.4 Å². The van der Waals surface area contributed by atoms with E-state index in [0.717, 1.165) is 12.8 Å². The number of hydrogen-bond donors (Lipinski definition) is 1. The van der Waals surface area contributed by atoms with Crippen LogP contribution in [0.1, 0.15) is 40.0 Å². The molecule has 2 rings (SSSR count). The van der Waals surface area contributed by atoms with Crippen LogP contribution in [0.15, 0.2) is 12.4 Å². The number of aromatic nitrogens is 3. The first kappa shape index (κ1) is 14.0. The highest BCUT2D eigenvalue weighted by molar-refractivity contribution is 5.78. The third kappa shape index (κ3) is 4.04. The Kier molecular flexibility index (Phi) is 4.22. The van der Waals surface area contributed by atoms with Gasteiger partial charge in [0.05, 0.1) is 12.7 Å². The lowest BCUT2D eigenvalue weighted by Crippen LogP contribution is -2.39. The van der Waals surface area contributed by atoms with Crippen molar-refractivity contribution in [1.82, 2.24) is 20.3 Å². The van der Waals surface area contributed by atoms with Gasteiger partial charge < -0.3 is 5.32 Å². The average molecular weight is 264 g/mol. The topological polar surface area (TPSA) is 59.8 Å². The van der Waals surface area contributed by atoms with Gasteiger partial charge in [-0.2, -0.15) is 0 Å². The molecule has 1 saturated carbocycles. The maximum atomic E-state index is 12.2. The van der Waals surface area contributed by atoms with Crippen LogP contribution in [0.25, 0.3) is 0 Å². The second kappa shape index (κ2) is 5.72. The van der Waals surface area contributed by atoms with Crippen LogP contribution in [0.5, 0.6) is 0 Å². The molecule has 5 heteroatoms. The number of carbonyl (C=O) groups is 1.